The molecule has 1 aliphatic rings. The van der Waals surface area contributed by atoms with Crippen molar-refractivity contribution in [3.63, 3.8) is 0 Å². The Kier molecular flexibility index (Phi) is 7.90. The molecule has 2 aromatic carbocycles. The molecule has 0 saturated carbocycles. The zero-order valence-electron chi connectivity index (χ0n) is 22.5. The van der Waals surface area contributed by atoms with Crippen molar-refractivity contribution in [1.82, 2.24) is 14.3 Å². The van der Waals surface area contributed by atoms with Gasteiger partial charge in [0.05, 0.1) is 19.1 Å². The predicted molar refractivity (Wildman–Crippen MR) is 161 cm³/mol. The second kappa shape index (κ2) is 11.5. The Hall–Kier alpha value is -4.15. The molecule has 3 heterocycles. The summed E-state index contributed by atoms with van der Waals surface area (Å²) in [4.78, 5) is 33.5. The van der Waals surface area contributed by atoms with E-state index in [4.69, 9.17) is 26.4 Å². The number of thiocarbonyl (C=S) groups is 1. The molecule has 2 aromatic heterocycles. The SMILES string of the molecule is COc1ccc(CCN2C(=O)/C(=C\c3c(Oc4cccc(C)c4C)nc4ccccn4c3=O)SC2=S)cc1OC. The highest BCUT2D eigenvalue weighted by Gasteiger charge is 2.32. The molecule has 1 saturated heterocycles. The van der Waals surface area contributed by atoms with E-state index in [0.29, 0.717) is 45.1 Å². The lowest BCUT2D eigenvalue weighted by Gasteiger charge is -2.15. The molecule has 5 rings (SSSR count). The van der Waals surface area contributed by atoms with Crippen LogP contribution in [-0.2, 0) is 11.2 Å². The van der Waals surface area contributed by atoms with Crippen LogP contribution in [0.1, 0.15) is 22.3 Å². The molecule has 0 radical (unpaired) electrons. The maximum Gasteiger partial charge on any atom is 0.269 e. The van der Waals surface area contributed by atoms with Gasteiger partial charge in [0.25, 0.3) is 11.5 Å². The molecule has 0 aliphatic carbocycles. The standard InChI is InChI=1S/C30H27N3O5S2/c1-18-8-7-9-22(19(18)2)38-27-21(28(34)32-14-6-5-10-26(32)31-27)17-25-29(35)33(30(39)40-25)15-13-20-11-12-23(36-3)24(16-20)37-4/h5-12,14,16-17H,13,15H2,1-4H3/b25-17+. The van der Waals surface area contributed by atoms with Gasteiger partial charge in [-0.25, -0.2) is 0 Å². The normalized spacial score (nSPS) is 14.3. The summed E-state index contributed by atoms with van der Waals surface area (Å²) in [6.45, 7) is 4.30. The van der Waals surface area contributed by atoms with Crippen molar-refractivity contribution < 1.29 is 19.0 Å². The number of pyridine rings is 1. The topological polar surface area (TPSA) is 82.4 Å². The minimum Gasteiger partial charge on any atom is -0.493 e. The van der Waals surface area contributed by atoms with Crippen LogP contribution in [0.5, 0.6) is 23.1 Å². The van der Waals surface area contributed by atoms with Crippen LogP contribution in [0.3, 0.4) is 0 Å². The van der Waals surface area contributed by atoms with E-state index in [1.807, 2.05) is 50.2 Å². The van der Waals surface area contributed by atoms with Gasteiger partial charge in [0.1, 0.15) is 21.3 Å². The van der Waals surface area contributed by atoms with E-state index >= 15 is 0 Å². The molecule has 1 fully saturated rings. The molecular weight excluding hydrogens is 546 g/mol. The number of hydrogen-bond acceptors (Lipinski definition) is 8. The third-order valence-electron chi connectivity index (χ3n) is 6.72. The minimum atomic E-state index is -0.346. The molecule has 0 spiro atoms. The Bertz CT molecular complexity index is 1730. The summed E-state index contributed by atoms with van der Waals surface area (Å²) in [5, 5.41) is 0. The third-order valence-corrected chi connectivity index (χ3v) is 8.09. The lowest BCUT2D eigenvalue weighted by molar-refractivity contribution is -0.122. The summed E-state index contributed by atoms with van der Waals surface area (Å²) in [5.41, 5.74) is 3.22. The number of rotatable bonds is 8. The number of hydrogen-bond donors (Lipinski definition) is 0. The molecule has 0 bridgehead atoms. The fourth-order valence-corrected chi connectivity index (χ4v) is 5.61. The van der Waals surface area contributed by atoms with E-state index in [2.05, 4.69) is 4.98 Å². The molecule has 0 atom stereocenters. The number of amides is 1. The summed E-state index contributed by atoms with van der Waals surface area (Å²) in [6, 6.07) is 16.6. The molecule has 4 aromatic rings. The average molecular weight is 574 g/mol. The number of fused-ring (bicyclic) bond motifs is 1. The van der Waals surface area contributed by atoms with Gasteiger partial charge in [0.2, 0.25) is 5.88 Å². The number of carbonyl (C=O) groups is 1. The Morgan fingerprint density at radius 2 is 1.77 bits per heavy atom. The highest BCUT2D eigenvalue weighted by Crippen LogP contribution is 2.35. The van der Waals surface area contributed by atoms with Crippen LogP contribution in [0.25, 0.3) is 11.7 Å². The van der Waals surface area contributed by atoms with Gasteiger partial charge in [-0.15, -0.1) is 0 Å². The molecular formula is C30H27N3O5S2. The first kappa shape index (κ1) is 27.4. The van der Waals surface area contributed by atoms with Crippen LogP contribution >= 0.6 is 24.0 Å². The maximum absolute atomic E-state index is 13.6. The summed E-state index contributed by atoms with van der Waals surface area (Å²) in [6.07, 6.45) is 3.73. The van der Waals surface area contributed by atoms with Gasteiger partial charge < -0.3 is 14.2 Å². The Morgan fingerprint density at radius 1 is 0.975 bits per heavy atom. The van der Waals surface area contributed by atoms with Gasteiger partial charge >= 0.3 is 0 Å². The molecule has 10 heteroatoms. The fraction of sp³-hybridized carbons (Fsp3) is 0.200. The number of nitrogens with zero attached hydrogens (tertiary/aromatic N) is 3. The number of methoxy groups -OCH3 is 2. The molecule has 0 unspecified atom stereocenters. The first-order valence-electron chi connectivity index (χ1n) is 12.5. The minimum absolute atomic E-state index is 0.125. The van der Waals surface area contributed by atoms with Crippen LogP contribution in [0.2, 0.25) is 0 Å². The summed E-state index contributed by atoms with van der Waals surface area (Å²) < 4.78 is 18.7. The summed E-state index contributed by atoms with van der Waals surface area (Å²) in [7, 11) is 3.16. The fourth-order valence-electron chi connectivity index (χ4n) is 4.32. The number of aromatic nitrogens is 2. The number of thioether (sulfide) groups is 1. The molecule has 1 aliphatic heterocycles. The van der Waals surface area contributed by atoms with Gasteiger partial charge in [-0.1, -0.05) is 48.2 Å². The lowest BCUT2D eigenvalue weighted by Crippen LogP contribution is -2.30. The van der Waals surface area contributed by atoms with E-state index in [9.17, 15) is 9.59 Å². The Labute approximate surface area is 241 Å². The van der Waals surface area contributed by atoms with Crippen molar-refractivity contribution in [1.29, 1.82) is 0 Å². The highest BCUT2D eigenvalue weighted by molar-refractivity contribution is 8.26. The van der Waals surface area contributed by atoms with Gasteiger partial charge in [0, 0.05) is 12.7 Å². The average Bonchev–Trinajstić information content (AvgIpc) is 3.23. The van der Waals surface area contributed by atoms with E-state index in [1.54, 1.807) is 43.5 Å². The quantitative estimate of drug-likeness (QED) is 0.200. The Morgan fingerprint density at radius 3 is 2.55 bits per heavy atom. The van der Waals surface area contributed by atoms with Gasteiger partial charge in [-0.2, -0.15) is 4.98 Å². The third kappa shape index (κ3) is 5.32. The largest absolute Gasteiger partial charge is 0.493 e. The van der Waals surface area contributed by atoms with Crippen molar-refractivity contribution in [2.75, 3.05) is 20.8 Å². The highest BCUT2D eigenvalue weighted by atomic mass is 32.2. The second-order valence-corrected chi connectivity index (χ2v) is 10.8. The number of carbonyl (C=O) groups excluding carboxylic acids is 1. The van der Waals surface area contributed by atoms with Crippen LogP contribution in [0.15, 0.2) is 70.5 Å². The van der Waals surface area contributed by atoms with Gasteiger partial charge in [-0.05, 0) is 73.4 Å². The maximum atomic E-state index is 13.6. The predicted octanol–water partition coefficient (Wildman–Crippen LogP) is 5.56. The number of aryl methyl sites for hydroxylation is 1. The van der Waals surface area contributed by atoms with Crippen molar-refractivity contribution in [3.05, 3.63) is 98.3 Å². The van der Waals surface area contributed by atoms with Crippen LogP contribution in [0.4, 0.5) is 0 Å². The van der Waals surface area contributed by atoms with Crippen molar-refractivity contribution in [3.8, 4) is 23.1 Å². The van der Waals surface area contributed by atoms with Crippen LogP contribution in [0, 0.1) is 13.8 Å². The van der Waals surface area contributed by atoms with E-state index in [0.717, 1.165) is 28.5 Å². The second-order valence-electron chi connectivity index (χ2n) is 9.14. The van der Waals surface area contributed by atoms with E-state index < -0.39 is 0 Å². The van der Waals surface area contributed by atoms with Gasteiger partial charge in [-0.3, -0.25) is 18.9 Å². The van der Waals surface area contributed by atoms with Crippen LogP contribution in [-0.4, -0.2) is 45.3 Å². The van der Waals surface area contributed by atoms with Crippen molar-refractivity contribution in [2.24, 2.45) is 0 Å². The summed E-state index contributed by atoms with van der Waals surface area (Å²) in [5.74, 6) is 1.69. The zero-order chi connectivity index (χ0) is 28.4. The zero-order valence-corrected chi connectivity index (χ0v) is 24.1. The molecule has 40 heavy (non-hydrogen) atoms. The van der Waals surface area contributed by atoms with E-state index in [1.165, 1.54) is 10.5 Å². The van der Waals surface area contributed by atoms with Crippen LogP contribution < -0.4 is 19.8 Å². The number of benzene rings is 2. The first-order chi connectivity index (χ1) is 19.3. The molecule has 8 nitrogen and oxygen atoms in total. The summed E-state index contributed by atoms with van der Waals surface area (Å²) >= 11 is 6.70. The van der Waals surface area contributed by atoms with Crippen molar-refractivity contribution in [2.45, 2.75) is 20.3 Å². The molecule has 0 N–H and O–H groups in total. The molecule has 1 amide bonds. The Balaban J connectivity index is 1.47. The molecule has 204 valence electrons. The van der Waals surface area contributed by atoms with Crippen molar-refractivity contribution >= 4 is 45.9 Å². The number of ether oxygens (including phenoxy) is 3. The van der Waals surface area contributed by atoms with E-state index in [-0.39, 0.29) is 22.9 Å². The van der Waals surface area contributed by atoms with Gasteiger partial charge in [0.15, 0.2) is 11.5 Å². The monoisotopic (exact) mass is 573 g/mol. The lowest BCUT2D eigenvalue weighted by atomic mass is 10.1. The smallest absolute Gasteiger partial charge is 0.269 e. The first-order valence-corrected chi connectivity index (χ1v) is 13.7.